The highest BCUT2D eigenvalue weighted by molar-refractivity contribution is 5.84. The van der Waals surface area contributed by atoms with Gasteiger partial charge in [-0.05, 0) is 17.7 Å². The molecule has 1 unspecified atom stereocenters. The van der Waals surface area contributed by atoms with Crippen molar-refractivity contribution in [2.24, 2.45) is 5.73 Å². The largest absolute Gasteiger partial charge is 0.490 e. The molecule has 1 aliphatic heterocycles. The van der Waals surface area contributed by atoms with Crippen LogP contribution in [0.15, 0.2) is 48.5 Å². The van der Waals surface area contributed by atoms with Gasteiger partial charge < -0.3 is 20.5 Å². The lowest BCUT2D eigenvalue weighted by molar-refractivity contribution is -0.118. The van der Waals surface area contributed by atoms with Crippen LogP contribution in [0.3, 0.4) is 0 Å². The second-order valence-electron chi connectivity index (χ2n) is 5.10. The van der Waals surface area contributed by atoms with E-state index in [0.29, 0.717) is 19.0 Å². The average molecular weight is 298 g/mol. The van der Waals surface area contributed by atoms with Gasteiger partial charge in [0.2, 0.25) is 5.91 Å². The van der Waals surface area contributed by atoms with E-state index < -0.39 is 11.9 Å². The number of rotatable bonds is 4. The third kappa shape index (κ3) is 3.14. The van der Waals surface area contributed by atoms with Crippen LogP contribution in [-0.4, -0.2) is 19.1 Å². The van der Waals surface area contributed by atoms with E-state index in [4.69, 9.17) is 15.2 Å². The fourth-order valence-corrected chi connectivity index (χ4v) is 2.38. The molecule has 1 atom stereocenters. The van der Waals surface area contributed by atoms with Crippen LogP contribution < -0.4 is 20.5 Å². The first-order valence-electron chi connectivity index (χ1n) is 7.24. The molecule has 0 aromatic heterocycles. The lowest BCUT2D eigenvalue weighted by Gasteiger charge is -2.18. The Kier molecular flexibility index (Phi) is 4.14. The molecule has 0 radical (unpaired) electrons. The predicted molar refractivity (Wildman–Crippen MR) is 84.0 cm³/mol. The number of nitrogens with one attached hydrogen (secondary N) is 1. The van der Waals surface area contributed by atoms with Crippen LogP contribution in [0.5, 0.6) is 11.5 Å². The van der Waals surface area contributed by atoms with Gasteiger partial charge >= 0.3 is 0 Å². The summed E-state index contributed by atoms with van der Waals surface area (Å²) in [6.07, 6.45) is 0.853. The first kappa shape index (κ1) is 14.3. The Hall–Kier alpha value is -2.69. The number of hydrogen-bond donors (Lipinski definition) is 2. The predicted octanol–water partition coefficient (Wildman–Crippen LogP) is 2.49. The summed E-state index contributed by atoms with van der Waals surface area (Å²) < 4.78 is 11.3. The van der Waals surface area contributed by atoms with Crippen molar-refractivity contribution in [3.63, 3.8) is 0 Å². The molecule has 1 heterocycles. The fourth-order valence-electron chi connectivity index (χ4n) is 2.38. The zero-order chi connectivity index (χ0) is 15.4. The molecule has 0 saturated carbocycles. The molecule has 0 saturated heterocycles. The Morgan fingerprint density at radius 3 is 2.50 bits per heavy atom. The maximum absolute atomic E-state index is 11.8. The second-order valence-corrected chi connectivity index (χ2v) is 5.10. The van der Waals surface area contributed by atoms with Gasteiger partial charge in [-0.25, -0.2) is 0 Å². The fraction of sp³-hybridized carbons (Fsp3) is 0.235. The first-order chi connectivity index (χ1) is 10.7. The smallest absolute Gasteiger partial charge is 0.244 e. The van der Waals surface area contributed by atoms with Gasteiger partial charge in [-0.15, -0.1) is 0 Å². The van der Waals surface area contributed by atoms with E-state index in [1.165, 1.54) is 0 Å². The maximum Gasteiger partial charge on any atom is 0.244 e. The molecule has 0 aliphatic carbocycles. The Bertz CT molecular complexity index is 658. The average Bonchev–Trinajstić information content (AvgIpc) is 2.78. The number of carbonyl (C=O) groups is 1. The van der Waals surface area contributed by atoms with E-state index in [2.05, 4.69) is 5.32 Å². The van der Waals surface area contributed by atoms with Crippen LogP contribution in [0.2, 0.25) is 0 Å². The highest BCUT2D eigenvalue weighted by Gasteiger charge is 2.18. The Morgan fingerprint density at radius 1 is 1.05 bits per heavy atom. The molecule has 22 heavy (non-hydrogen) atoms. The molecule has 5 nitrogen and oxygen atoms in total. The van der Waals surface area contributed by atoms with Crippen molar-refractivity contribution >= 4 is 11.6 Å². The van der Waals surface area contributed by atoms with Crippen molar-refractivity contribution in [2.75, 3.05) is 18.5 Å². The molecular weight excluding hydrogens is 280 g/mol. The third-order valence-corrected chi connectivity index (χ3v) is 3.48. The minimum absolute atomic E-state index is 0.432. The summed E-state index contributed by atoms with van der Waals surface area (Å²) in [5, 5.41) is 3.16. The van der Waals surface area contributed by atoms with Crippen LogP contribution >= 0.6 is 0 Å². The van der Waals surface area contributed by atoms with E-state index in [9.17, 15) is 4.79 Å². The van der Waals surface area contributed by atoms with E-state index in [1.54, 1.807) is 0 Å². The Labute approximate surface area is 129 Å². The third-order valence-electron chi connectivity index (χ3n) is 3.48. The number of amides is 1. The second kappa shape index (κ2) is 6.39. The Balaban J connectivity index is 1.84. The van der Waals surface area contributed by atoms with Gasteiger partial charge in [-0.3, -0.25) is 4.79 Å². The summed E-state index contributed by atoms with van der Waals surface area (Å²) in [4.78, 5) is 11.8. The monoisotopic (exact) mass is 298 g/mol. The van der Waals surface area contributed by atoms with Gasteiger partial charge in [0.05, 0.1) is 13.2 Å². The molecule has 2 aromatic rings. The van der Waals surface area contributed by atoms with Crippen LogP contribution in [0.1, 0.15) is 18.0 Å². The van der Waals surface area contributed by atoms with Crippen molar-refractivity contribution in [2.45, 2.75) is 12.5 Å². The quantitative estimate of drug-likeness (QED) is 0.909. The molecule has 114 valence electrons. The van der Waals surface area contributed by atoms with Crippen molar-refractivity contribution in [1.82, 2.24) is 0 Å². The Morgan fingerprint density at radius 2 is 1.77 bits per heavy atom. The number of benzene rings is 2. The van der Waals surface area contributed by atoms with E-state index >= 15 is 0 Å². The molecule has 1 amide bonds. The molecule has 0 spiro atoms. The lowest BCUT2D eigenvalue weighted by Crippen LogP contribution is -2.27. The number of nitrogens with two attached hydrogens (primary N) is 1. The maximum atomic E-state index is 11.8. The number of fused-ring (bicyclic) bond motifs is 1. The van der Waals surface area contributed by atoms with Crippen molar-refractivity contribution in [3.05, 3.63) is 54.1 Å². The highest BCUT2D eigenvalue weighted by atomic mass is 16.5. The van der Waals surface area contributed by atoms with Crippen LogP contribution in [-0.2, 0) is 4.79 Å². The summed E-state index contributed by atoms with van der Waals surface area (Å²) in [5.41, 5.74) is 7.10. The molecule has 3 rings (SSSR count). The van der Waals surface area contributed by atoms with Gasteiger partial charge in [0, 0.05) is 18.2 Å². The normalized spacial score (nSPS) is 14.7. The standard InChI is InChI=1S/C17H18N2O3/c18-17(20)16(12-5-2-1-3-6-12)19-13-7-8-14-15(11-13)22-10-4-9-21-14/h1-3,5-8,11,16,19H,4,9-10H2,(H2,18,20). The molecular formula is C17H18N2O3. The minimum Gasteiger partial charge on any atom is -0.490 e. The SMILES string of the molecule is NC(=O)C(Nc1ccc2c(c1)OCCCO2)c1ccccc1. The van der Waals surface area contributed by atoms with Gasteiger partial charge in [-0.1, -0.05) is 30.3 Å². The number of anilines is 1. The van der Waals surface area contributed by atoms with Gasteiger partial charge in [0.1, 0.15) is 6.04 Å². The lowest BCUT2D eigenvalue weighted by atomic mass is 10.1. The summed E-state index contributed by atoms with van der Waals surface area (Å²) in [5.74, 6) is 0.968. The van der Waals surface area contributed by atoms with E-state index in [1.807, 2.05) is 48.5 Å². The number of carbonyl (C=O) groups excluding carboxylic acids is 1. The number of primary amides is 1. The summed E-state index contributed by atoms with van der Waals surface area (Å²) in [7, 11) is 0. The van der Waals surface area contributed by atoms with Gasteiger partial charge in [0.15, 0.2) is 11.5 Å². The van der Waals surface area contributed by atoms with E-state index in [0.717, 1.165) is 23.4 Å². The van der Waals surface area contributed by atoms with E-state index in [-0.39, 0.29) is 0 Å². The number of hydrogen-bond acceptors (Lipinski definition) is 4. The zero-order valence-electron chi connectivity index (χ0n) is 12.1. The number of ether oxygens (including phenoxy) is 2. The van der Waals surface area contributed by atoms with Gasteiger partial charge in [-0.2, -0.15) is 0 Å². The topological polar surface area (TPSA) is 73.6 Å². The van der Waals surface area contributed by atoms with Crippen LogP contribution in [0.25, 0.3) is 0 Å². The molecule has 0 fully saturated rings. The molecule has 1 aliphatic rings. The van der Waals surface area contributed by atoms with Crippen molar-refractivity contribution < 1.29 is 14.3 Å². The molecule has 5 heteroatoms. The van der Waals surface area contributed by atoms with Crippen LogP contribution in [0, 0.1) is 0 Å². The summed E-state index contributed by atoms with van der Waals surface area (Å²) in [6.45, 7) is 1.27. The molecule has 0 bridgehead atoms. The van der Waals surface area contributed by atoms with Crippen molar-refractivity contribution in [1.29, 1.82) is 0 Å². The minimum atomic E-state index is -0.592. The zero-order valence-corrected chi connectivity index (χ0v) is 12.1. The van der Waals surface area contributed by atoms with Crippen LogP contribution in [0.4, 0.5) is 5.69 Å². The van der Waals surface area contributed by atoms with Gasteiger partial charge in [0.25, 0.3) is 0 Å². The molecule has 3 N–H and O–H groups in total. The molecule has 2 aromatic carbocycles. The highest BCUT2D eigenvalue weighted by Crippen LogP contribution is 2.33. The van der Waals surface area contributed by atoms with Crippen molar-refractivity contribution in [3.8, 4) is 11.5 Å². The summed E-state index contributed by atoms with van der Waals surface area (Å²) >= 11 is 0. The summed E-state index contributed by atoms with van der Waals surface area (Å²) in [6, 6.07) is 14.3. The first-order valence-corrected chi connectivity index (χ1v) is 7.24.